The number of aromatic nitrogens is 8. The lowest BCUT2D eigenvalue weighted by Crippen LogP contribution is -2.38. The summed E-state index contributed by atoms with van der Waals surface area (Å²) in [5, 5.41) is 0. The lowest BCUT2D eigenvalue weighted by molar-refractivity contribution is -0.0662. The van der Waals surface area contributed by atoms with Gasteiger partial charge in [-0.25, -0.2) is 47.8 Å². The summed E-state index contributed by atoms with van der Waals surface area (Å²) >= 11 is 0. The molecule has 3 fully saturated rings. The van der Waals surface area contributed by atoms with Gasteiger partial charge in [-0.3, -0.25) is 27.2 Å². The summed E-state index contributed by atoms with van der Waals surface area (Å²) in [5.74, 6) is -0.0150. The first-order valence-electron chi connectivity index (χ1n) is 12.7. The Kier molecular flexibility index (Phi) is 7.12. The molecule has 0 aromatic carbocycles. The number of imidazole rings is 2. The quantitative estimate of drug-likeness (QED) is 0.210. The van der Waals surface area contributed by atoms with Crippen molar-refractivity contribution >= 4 is 49.6 Å². The van der Waals surface area contributed by atoms with Gasteiger partial charge in [0.15, 0.2) is 47.7 Å². The number of phosphoric acid groups is 2. The third kappa shape index (κ3) is 5.02. The lowest BCUT2D eigenvalue weighted by atomic mass is 10.1. The first-order chi connectivity index (χ1) is 20.9. The number of halogens is 2. The molecule has 0 aliphatic carbocycles. The minimum absolute atomic E-state index is 0.00752. The van der Waals surface area contributed by atoms with E-state index < -0.39 is 78.1 Å². The van der Waals surface area contributed by atoms with E-state index in [0.29, 0.717) is 0 Å². The van der Waals surface area contributed by atoms with Crippen molar-refractivity contribution in [3.8, 4) is 0 Å². The summed E-state index contributed by atoms with van der Waals surface area (Å²) in [6, 6.07) is 0. The van der Waals surface area contributed by atoms with Crippen molar-refractivity contribution in [1.82, 2.24) is 39.0 Å². The van der Waals surface area contributed by atoms with Crippen molar-refractivity contribution in [2.45, 2.75) is 49.2 Å². The van der Waals surface area contributed by atoms with Crippen LogP contribution in [0.5, 0.6) is 0 Å². The highest BCUT2D eigenvalue weighted by Crippen LogP contribution is 2.55. The number of rotatable bonds is 2. The molecule has 3 aliphatic heterocycles. The number of nitrogens with two attached hydrogens (primary N) is 2. The molecule has 3 aliphatic rings. The zero-order valence-corrected chi connectivity index (χ0v) is 23.7. The van der Waals surface area contributed by atoms with Crippen LogP contribution in [0.3, 0.4) is 0 Å². The van der Waals surface area contributed by atoms with Crippen LogP contribution in [0.15, 0.2) is 25.3 Å². The molecule has 4 aromatic heterocycles. The number of nitrogen functional groups attached to an aromatic ring is 2. The van der Waals surface area contributed by atoms with Gasteiger partial charge in [0.25, 0.3) is 0 Å². The maximum absolute atomic E-state index is 15.9. The van der Waals surface area contributed by atoms with Crippen LogP contribution in [-0.4, -0.2) is 98.8 Å². The van der Waals surface area contributed by atoms with Gasteiger partial charge < -0.3 is 30.7 Å². The zero-order valence-electron chi connectivity index (χ0n) is 21.9. The second-order valence-electron chi connectivity index (χ2n) is 9.85. The molecular weight excluding hydrogens is 640 g/mol. The van der Waals surface area contributed by atoms with Gasteiger partial charge in [0, 0.05) is 0 Å². The van der Waals surface area contributed by atoms with Gasteiger partial charge in [0.1, 0.15) is 48.1 Å². The van der Waals surface area contributed by atoms with Crippen molar-refractivity contribution < 1.29 is 55.3 Å². The first kappa shape index (κ1) is 29.4. The van der Waals surface area contributed by atoms with E-state index in [2.05, 4.69) is 29.9 Å². The van der Waals surface area contributed by atoms with Crippen molar-refractivity contribution in [1.29, 1.82) is 0 Å². The normalized spacial score (nSPS) is 38.3. The van der Waals surface area contributed by atoms with Gasteiger partial charge in [-0.05, 0) is 0 Å². The van der Waals surface area contributed by atoms with E-state index >= 15 is 8.78 Å². The Hall–Kier alpha value is -3.30. The Bertz CT molecular complexity index is 1710. The molecule has 3 saturated heterocycles. The standard InChI is InChI=1S/C20H22F2N10O10P2/c21-9-13-7(39-19(9)31-5-29-11-15(23)25-3-27-17(11)31)1-37-43(33,34)38-2-8-14(42-44(35,36)41-13)10(22)20(40-8)32-6-30-12-16(24)26-4-28-18(12)32/h3-10,13-14,19-20H,1-2H2,(H,33,34)(H,35,36)(H2,23,25,27)(H2,24,26,28)/t7-,8-,9-,10-,13-,14-,19-,20-/m1/s1. The van der Waals surface area contributed by atoms with E-state index in [1.54, 1.807) is 0 Å². The van der Waals surface area contributed by atoms with Crippen LogP contribution < -0.4 is 11.5 Å². The van der Waals surface area contributed by atoms with Crippen LogP contribution in [0.4, 0.5) is 20.4 Å². The fraction of sp³-hybridized carbons (Fsp3) is 0.500. The molecule has 0 saturated carbocycles. The van der Waals surface area contributed by atoms with Crippen LogP contribution in [0.2, 0.25) is 0 Å². The van der Waals surface area contributed by atoms with Crippen LogP contribution in [0.1, 0.15) is 12.5 Å². The number of ether oxygens (including phenoxy) is 2. The summed E-state index contributed by atoms with van der Waals surface area (Å²) in [6.07, 6.45) is -10.2. The zero-order chi connectivity index (χ0) is 31.0. The third-order valence-corrected chi connectivity index (χ3v) is 9.14. The fourth-order valence-corrected chi connectivity index (χ4v) is 7.09. The highest BCUT2D eigenvalue weighted by atomic mass is 31.2. The summed E-state index contributed by atoms with van der Waals surface area (Å²) in [4.78, 5) is 44.7. The van der Waals surface area contributed by atoms with Crippen molar-refractivity contribution in [3.05, 3.63) is 25.3 Å². The molecule has 6 N–H and O–H groups in total. The topological polar surface area (TPSA) is 269 Å². The minimum Gasteiger partial charge on any atom is -0.382 e. The van der Waals surface area contributed by atoms with Gasteiger partial charge in [-0.2, -0.15) is 0 Å². The molecule has 20 nitrogen and oxygen atoms in total. The third-order valence-electron chi connectivity index (χ3n) is 7.17. The molecule has 4 aromatic rings. The van der Waals surface area contributed by atoms with Gasteiger partial charge in [0.2, 0.25) is 0 Å². The molecule has 236 valence electrons. The van der Waals surface area contributed by atoms with E-state index in [1.807, 2.05) is 0 Å². The summed E-state index contributed by atoms with van der Waals surface area (Å²) in [5.41, 5.74) is 11.9. The van der Waals surface area contributed by atoms with Gasteiger partial charge in [-0.15, -0.1) is 0 Å². The summed E-state index contributed by atoms with van der Waals surface area (Å²) in [6.45, 7) is -1.69. The Labute approximate surface area is 243 Å². The number of alkyl halides is 2. The van der Waals surface area contributed by atoms with Crippen molar-refractivity contribution in [2.75, 3.05) is 24.7 Å². The number of fused-ring (bicyclic) bond motifs is 4. The molecule has 7 rings (SSSR count). The van der Waals surface area contributed by atoms with E-state index in [4.69, 9.17) is 39.0 Å². The van der Waals surface area contributed by atoms with Crippen molar-refractivity contribution in [3.63, 3.8) is 0 Å². The van der Waals surface area contributed by atoms with Crippen molar-refractivity contribution in [2.24, 2.45) is 0 Å². The SMILES string of the molecule is Nc1ncnc2c1ncn2[C@@H]1O[C@@H]2COP(=O)(O)OC[C@H]3O[C@@H](n4cnc5c(N)ncnc54)[C@H](F)[C@@H]3OP(=O)(O)O[C@H]2[C@H]1F. The fourth-order valence-electron chi connectivity index (χ4n) is 5.17. The molecule has 0 radical (unpaired) electrons. The summed E-state index contributed by atoms with van der Waals surface area (Å²) in [7, 11) is -10.2. The van der Waals surface area contributed by atoms with Gasteiger partial charge >= 0.3 is 15.6 Å². The Morgan fingerprint density at radius 1 is 0.727 bits per heavy atom. The van der Waals surface area contributed by atoms with E-state index in [9.17, 15) is 18.9 Å². The van der Waals surface area contributed by atoms with E-state index in [1.165, 1.54) is 0 Å². The van der Waals surface area contributed by atoms with Crippen LogP contribution in [0.25, 0.3) is 22.3 Å². The maximum atomic E-state index is 15.9. The van der Waals surface area contributed by atoms with E-state index in [0.717, 1.165) is 34.4 Å². The summed E-state index contributed by atoms with van der Waals surface area (Å²) < 4.78 is 91.8. The minimum atomic E-state index is -5.33. The van der Waals surface area contributed by atoms with Crippen LogP contribution in [-0.2, 0) is 36.7 Å². The Morgan fingerprint density at radius 3 is 1.59 bits per heavy atom. The predicted molar refractivity (Wildman–Crippen MR) is 138 cm³/mol. The van der Waals surface area contributed by atoms with Gasteiger partial charge in [0.05, 0.1) is 25.9 Å². The molecule has 0 amide bonds. The molecular formula is C20H22F2N10O10P2. The molecule has 44 heavy (non-hydrogen) atoms. The van der Waals surface area contributed by atoms with E-state index in [-0.39, 0.29) is 34.0 Å². The highest BCUT2D eigenvalue weighted by molar-refractivity contribution is 7.47. The van der Waals surface area contributed by atoms with Crippen LogP contribution in [0, 0.1) is 0 Å². The average Bonchev–Trinajstić information content (AvgIpc) is 3.73. The average molecular weight is 662 g/mol. The highest BCUT2D eigenvalue weighted by Gasteiger charge is 2.55. The molecule has 7 heterocycles. The molecule has 0 unspecified atom stereocenters. The molecule has 8 atom stereocenters. The van der Waals surface area contributed by atoms with Gasteiger partial charge in [-0.1, -0.05) is 0 Å². The largest absolute Gasteiger partial charge is 0.473 e. The molecule has 24 heteroatoms. The number of anilines is 2. The smallest absolute Gasteiger partial charge is 0.382 e. The number of phosphoric ester groups is 2. The predicted octanol–water partition coefficient (Wildman–Crippen LogP) is 0.320. The lowest BCUT2D eigenvalue weighted by Gasteiger charge is -2.27. The number of hydrogen-bond donors (Lipinski definition) is 4. The maximum Gasteiger partial charge on any atom is 0.473 e. The molecule has 0 spiro atoms. The Morgan fingerprint density at radius 2 is 1.16 bits per heavy atom. The Balaban J connectivity index is 1.20. The number of hydrogen-bond acceptors (Lipinski definition) is 16. The second-order valence-corrected chi connectivity index (χ2v) is 12.7. The number of nitrogens with zero attached hydrogens (tertiary/aromatic N) is 8. The van der Waals surface area contributed by atoms with Crippen LogP contribution >= 0.6 is 15.6 Å². The second kappa shape index (κ2) is 10.7. The molecule has 0 bridgehead atoms. The first-order valence-corrected chi connectivity index (χ1v) is 15.7. The monoisotopic (exact) mass is 662 g/mol.